The third-order valence-corrected chi connectivity index (χ3v) is 6.80. The predicted molar refractivity (Wildman–Crippen MR) is 143 cm³/mol. The summed E-state index contributed by atoms with van der Waals surface area (Å²) < 4.78 is 24.1. The van der Waals surface area contributed by atoms with Crippen LogP contribution in [0.2, 0.25) is 5.02 Å². The summed E-state index contributed by atoms with van der Waals surface area (Å²) in [5, 5.41) is 0.520. The molecule has 1 atom stereocenters. The Labute approximate surface area is 223 Å². The molecule has 1 aromatic heterocycles. The van der Waals surface area contributed by atoms with Crippen molar-refractivity contribution in [3.63, 3.8) is 0 Å². The first-order valence-electron chi connectivity index (χ1n) is 11.8. The first-order chi connectivity index (χ1) is 17.9. The third kappa shape index (κ3) is 5.42. The van der Waals surface area contributed by atoms with E-state index in [1.165, 1.54) is 29.2 Å². The summed E-state index contributed by atoms with van der Waals surface area (Å²) in [5.74, 6) is 1.12. The Morgan fingerprint density at radius 2 is 1.70 bits per heavy atom. The number of halogens is 1. The number of fused-ring (bicyclic) bond motifs is 1. The maximum Gasteiger partial charge on any atom is 0.337 e. The smallest absolute Gasteiger partial charge is 0.337 e. The van der Waals surface area contributed by atoms with Crippen LogP contribution in [0.25, 0.3) is 6.08 Å². The summed E-state index contributed by atoms with van der Waals surface area (Å²) in [6.07, 6.45) is 3.18. The molecule has 0 saturated carbocycles. The minimum absolute atomic E-state index is 0.228. The van der Waals surface area contributed by atoms with Crippen LogP contribution in [0.1, 0.15) is 37.9 Å². The summed E-state index contributed by atoms with van der Waals surface area (Å²) in [4.78, 5) is 31.4. The second-order valence-corrected chi connectivity index (χ2v) is 9.31. The van der Waals surface area contributed by atoms with Crippen molar-refractivity contribution in [2.45, 2.75) is 26.8 Å². The molecule has 0 fully saturated rings. The van der Waals surface area contributed by atoms with Crippen molar-refractivity contribution >= 4 is 35.0 Å². The second-order valence-electron chi connectivity index (χ2n) is 7.86. The molecule has 0 bridgehead atoms. The molecular formula is C27H27ClN2O6S. The lowest BCUT2D eigenvalue weighted by Crippen LogP contribution is -2.39. The number of aromatic nitrogens is 1. The first-order valence-corrected chi connectivity index (χ1v) is 13.0. The zero-order chi connectivity index (χ0) is 26.5. The average Bonchev–Trinajstić information content (AvgIpc) is 3.21. The van der Waals surface area contributed by atoms with Crippen LogP contribution < -0.4 is 29.1 Å². The molecule has 0 saturated heterocycles. The molecule has 194 valence electrons. The van der Waals surface area contributed by atoms with Gasteiger partial charge in [0.1, 0.15) is 5.75 Å². The van der Waals surface area contributed by atoms with Gasteiger partial charge in [-0.2, -0.15) is 0 Å². The van der Waals surface area contributed by atoms with E-state index in [0.29, 0.717) is 62.6 Å². The monoisotopic (exact) mass is 542 g/mol. The topological polar surface area (TPSA) is 88.3 Å². The number of thiazole rings is 1. The average molecular weight is 543 g/mol. The molecule has 1 aliphatic rings. The number of esters is 1. The van der Waals surface area contributed by atoms with E-state index in [1.54, 1.807) is 36.4 Å². The normalized spacial score (nSPS) is 14.9. The number of carbonyl (C=O) groups is 1. The minimum atomic E-state index is -0.772. The summed E-state index contributed by atoms with van der Waals surface area (Å²) in [5.41, 5.74) is 1.25. The third-order valence-electron chi connectivity index (χ3n) is 5.57. The number of hydrogen-bond donors (Lipinski definition) is 0. The quantitative estimate of drug-likeness (QED) is 0.381. The Bertz CT molecular complexity index is 1520. The van der Waals surface area contributed by atoms with Crippen LogP contribution >= 0.6 is 22.9 Å². The molecule has 2 aromatic carbocycles. The molecule has 0 amide bonds. The van der Waals surface area contributed by atoms with Crippen LogP contribution in [-0.4, -0.2) is 37.5 Å². The van der Waals surface area contributed by atoms with Crippen molar-refractivity contribution in [3.05, 3.63) is 84.0 Å². The molecule has 0 spiro atoms. The fourth-order valence-electron chi connectivity index (χ4n) is 4.05. The highest BCUT2D eigenvalue weighted by Gasteiger charge is 2.31. The van der Waals surface area contributed by atoms with Crippen LogP contribution in [0.15, 0.2) is 58.0 Å². The predicted octanol–water partition coefficient (Wildman–Crippen LogP) is 3.87. The highest BCUT2D eigenvalue weighted by molar-refractivity contribution is 7.07. The minimum Gasteiger partial charge on any atom is -0.493 e. The molecule has 37 heavy (non-hydrogen) atoms. The van der Waals surface area contributed by atoms with Crippen molar-refractivity contribution in [1.82, 2.24) is 4.57 Å². The lowest BCUT2D eigenvalue weighted by molar-refractivity contribution is -0.136. The molecule has 2 heterocycles. The van der Waals surface area contributed by atoms with E-state index < -0.39 is 12.0 Å². The standard InChI is InChI=1S/C27H27ClN2O6S/c1-5-34-20-11-9-18(28)12-17(20)14-23-25(31)30-24(19(26(32)33-4)15-29-27(30)37-23)16-8-10-21(35-6-2)22(13-16)36-7-3/h8-15,24H,5-7H2,1-4H3/b23-14+/t24-/m0/s1. The van der Waals surface area contributed by atoms with Crippen LogP contribution in [0.5, 0.6) is 17.2 Å². The number of rotatable bonds is 9. The number of nitrogens with zero attached hydrogens (tertiary/aromatic N) is 2. The van der Waals surface area contributed by atoms with Gasteiger partial charge in [0.05, 0.1) is 43.1 Å². The van der Waals surface area contributed by atoms with Gasteiger partial charge in [-0.25, -0.2) is 9.79 Å². The van der Waals surface area contributed by atoms with Gasteiger partial charge in [-0.05, 0) is 62.7 Å². The highest BCUT2D eigenvalue weighted by atomic mass is 35.5. The Hall–Kier alpha value is -3.56. The zero-order valence-corrected chi connectivity index (χ0v) is 22.5. The van der Waals surface area contributed by atoms with Crippen LogP contribution in [0.3, 0.4) is 0 Å². The first kappa shape index (κ1) is 26.5. The lowest BCUT2D eigenvalue weighted by atomic mass is 9.97. The van der Waals surface area contributed by atoms with Gasteiger partial charge in [0.2, 0.25) is 0 Å². The molecule has 0 unspecified atom stereocenters. The van der Waals surface area contributed by atoms with Crippen LogP contribution in [0.4, 0.5) is 0 Å². The van der Waals surface area contributed by atoms with Crippen molar-refractivity contribution in [2.75, 3.05) is 26.9 Å². The maximum absolute atomic E-state index is 13.8. The van der Waals surface area contributed by atoms with Gasteiger partial charge in [-0.15, -0.1) is 0 Å². The molecule has 10 heteroatoms. The van der Waals surface area contributed by atoms with Crippen molar-refractivity contribution < 1.29 is 23.7 Å². The van der Waals surface area contributed by atoms with E-state index in [4.69, 9.17) is 30.5 Å². The molecule has 0 radical (unpaired) electrons. The van der Waals surface area contributed by atoms with Gasteiger partial charge in [-0.3, -0.25) is 9.36 Å². The van der Waals surface area contributed by atoms with Gasteiger partial charge < -0.3 is 18.9 Å². The maximum atomic E-state index is 13.8. The van der Waals surface area contributed by atoms with Gasteiger partial charge in [-0.1, -0.05) is 29.0 Å². The SMILES string of the molecule is CCOc1ccc(Cl)cc1/C=c1/sc2n(c1=O)[C@@H](c1ccc(OCC)c(OCC)c1)C(C(=O)OC)=CN=2. The molecule has 8 nitrogen and oxygen atoms in total. The number of hydrogen-bond acceptors (Lipinski definition) is 8. The summed E-state index contributed by atoms with van der Waals surface area (Å²) in [6.45, 7) is 7.00. The Morgan fingerprint density at radius 3 is 2.41 bits per heavy atom. The summed E-state index contributed by atoms with van der Waals surface area (Å²) in [6, 6.07) is 9.83. The Kier molecular flexibility index (Phi) is 8.35. The van der Waals surface area contributed by atoms with Crippen molar-refractivity contribution in [1.29, 1.82) is 0 Å². The van der Waals surface area contributed by atoms with Gasteiger partial charge in [0.25, 0.3) is 5.56 Å². The van der Waals surface area contributed by atoms with E-state index >= 15 is 0 Å². The van der Waals surface area contributed by atoms with Crippen molar-refractivity contribution in [2.24, 2.45) is 4.99 Å². The Balaban J connectivity index is 1.92. The van der Waals surface area contributed by atoms with Crippen LogP contribution in [0, 0.1) is 0 Å². The molecule has 4 rings (SSSR count). The van der Waals surface area contributed by atoms with Crippen LogP contribution in [-0.2, 0) is 9.53 Å². The van der Waals surface area contributed by atoms with Gasteiger partial charge in [0, 0.05) is 16.8 Å². The molecule has 1 aliphatic heterocycles. The zero-order valence-electron chi connectivity index (χ0n) is 20.9. The lowest BCUT2D eigenvalue weighted by Gasteiger charge is -2.23. The molecule has 0 aliphatic carbocycles. The van der Waals surface area contributed by atoms with Crippen molar-refractivity contribution in [3.8, 4) is 17.2 Å². The fraction of sp³-hybridized carbons (Fsp3) is 0.296. The van der Waals surface area contributed by atoms with E-state index in [-0.39, 0.29) is 11.1 Å². The summed E-state index contributed by atoms with van der Waals surface area (Å²) >= 11 is 7.43. The highest BCUT2D eigenvalue weighted by Crippen LogP contribution is 2.35. The summed E-state index contributed by atoms with van der Waals surface area (Å²) in [7, 11) is 1.30. The molecule has 0 N–H and O–H groups in total. The number of ether oxygens (including phenoxy) is 4. The van der Waals surface area contributed by atoms with E-state index in [9.17, 15) is 9.59 Å². The van der Waals surface area contributed by atoms with E-state index in [0.717, 1.165) is 0 Å². The van der Waals surface area contributed by atoms with E-state index in [2.05, 4.69) is 4.99 Å². The van der Waals surface area contributed by atoms with E-state index in [1.807, 2.05) is 26.8 Å². The van der Waals surface area contributed by atoms with Gasteiger partial charge >= 0.3 is 5.97 Å². The molecule has 3 aromatic rings. The largest absolute Gasteiger partial charge is 0.493 e. The molecular weight excluding hydrogens is 516 g/mol. The fourth-order valence-corrected chi connectivity index (χ4v) is 5.19. The number of carbonyl (C=O) groups excluding carboxylic acids is 1. The number of methoxy groups -OCH3 is 1. The Morgan fingerprint density at radius 1 is 1.03 bits per heavy atom. The number of benzene rings is 2. The van der Waals surface area contributed by atoms with Gasteiger partial charge in [0.15, 0.2) is 16.3 Å². The second kappa shape index (κ2) is 11.7.